The highest BCUT2D eigenvalue weighted by Crippen LogP contribution is 2.39. The highest BCUT2D eigenvalue weighted by atomic mass is 32.1. The van der Waals surface area contributed by atoms with Crippen molar-refractivity contribution in [2.45, 2.75) is 38.4 Å². The number of benzene rings is 1. The van der Waals surface area contributed by atoms with Crippen molar-refractivity contribution in [2.75, 3.05) is 23.7 Å². The molecule has 0 aliphatic carbocycles. The SMILES string of the molecule is C=CC(=O)Nc1csc(C(=O)Nc2nc3cccc(C(F)(F)F)c3n2[C@@H]2CCCCN(C(C)=O)C2)c1. The number of carbonyl (C=O) groups is 3. The van der Waals surface area contributed by atoms with Gasteiger partial charge in [-0.3, -0.25) is 19.7 Å². The molecule has 2 aromatic heterocycles. The molecule has 1 aliphatic heterocycles. The van der Waals surface area contributed by atoms with Gasteiger partial charge >= 0.3 is 6.18 Å². The van der Waals surface area contributed by atoms with E-state index < -0.39 is 29.6 Å². The van der Waals surface area contributed by atoms with E-state index in [9.17, 15) is 27.6 Å². The molecule has 1 atom stereocenters. The molecule has 0 bridgehead atoms. The second-order valence-electron chi connectivity index (χ2n) is 8.44. The van der Waals surface area contributed by atoms with Gasteiger partial charge < -0.3 is 14.8 Å². The van der Waals surface area contributed by atoms with Crippen LogP contribution in [-0.4, -0.2) is 45.3 Å². The quantitative estimate of drug-likeness (QED) is 0.460. The minimum absolute atomic E-state index is 0.0350. The Morgan fingerprint density at radius 2 is 2.00 bits per heavy atom. The standard InChI is InChI=1S/C24H24F3N5O3S/c1-3-20(34)28-15-11-19(36-13-15)22(35)30-23-29-18-9-6-8-17(24(25,26)27)21(18)32(23)16-7-4-5-10-31(12-16)14(2)33/h3,6,8-9,11,13,16H,1,4-5,7,10,12H2,2H3,(H,28,34)(H,29,30,35)/t16-/m1/s1. The second-order valence-corrected chi connectivity index (χ2v) is 9.35. The molecular formula is C24H24F3N5O3S. The molecule has 0 spiro atoms. The van der Waals surface area contributed by atoms with Crippen LogP contribution >= 0.6 is 11.3 Å². The number of anilines is 2. The maximum atomic E-state index is 14.0. The summed E-state index contributed by atoms with van der Waals surface area (Å²) in [5, 5.41) is 6.78. The Morgan fingerprint density at radius 3 is 2.69 bits per heavy atom. The fourth-order valence-corrected chi connectivity index (χ4v) is 5.05. The first-order chi connectivity index (χ1) is 17.1. The smallest absolute Gasteiger partial charge is 0.341 e. The molecule has 1 aliphatic rings. The number of carbonyl (C=O) groups excluding carboxylic acids is 3. The Balaban J connectivity index is 1.77. The van der Waals surface area contributed by atoms with Crippen LogP contribution in [0.5, 0.6) is 0 Å². The molecule has 8 nitrogen and oxygen atoms in total. The van der Waals surface area contributed by atoms with Crippen LogP contribution in [0.4, 0.5) is 24.8 Å². The molecule has 0 saturated carbocycles. The number of hydrogen-bond acceptors (Lipinski definition) is 5. The molecule has 0 radical (unpaired) electrons. The van der Waals surface area contributed by atoms with Crippen molar-refractivity contribution in [2.24, 2.45) is 0 Å². The van der Waals surface area contributed by atoms with Gasteiger partial charge in [0, 0.05) is 25.4 Å². The first kappa shape index (κ1) is 25.4. The van der Waals surface area contributed by atoms with E-state index in [0.717, 1.165) is 29.9 Å². The summed E-state index contributed by atoms with van der Waals surface area (Å²) >= 11 is 1.06. The van der Waals surface area contributed by atoms with Crippen molar-refractivity contribution in [3.63, 3.8) is 0 Å². The summed E-state index contributed by atoms with van der Waals surface area (Å²) in [5.41, 5.74) is -0.523. The summed E-state index contributed by atoms with van der Waals surface area (Å²) in [6.45, 7) is 5.52. The number of hydrogen-bond donors (Lipinski definition) is 2. The number of nitrogens with one attached hydrogen (secondary N) is 2. The van der Waals surface area contributed by atoms with Gasteiger partial charge in [-0.1, -0.05) is 12.6 Å². The van der Waals surface area contributed by atoms with Gasteiger partial charge in [0.1, 0.15) is 0 Å². The predicted molar refractivity (Wildman–Crippen MR) is 131 cm³/mol. The molecule has 0 unspecified atom stereocenters. The lowest BCUT2D eigenvalue weighted by atomic mass is 10.1. The van der Waals surface area contributed by atoms with Crippen LogP contribution in [0.3, 0.4) is 0 Å². The Bertz CT molecular complexity index is 1330. The predicted octanol–water partition coefficient (Wildman–Crippen LogP) is 5.07. The van der Waals surface area contributed by atoms with E-state index >= 15 is 0 Å². The number of rotatable bonds is 5. The van der Waals surface area contributed by atoms with E-state index in [-0.39, 0.29) is 34.3 Å². The first-order valence-electron chi connectivity index (χ1n) is 11.3. The van der Waals surface area contributed by atoms with Crippen molar-refractivity contribution in [3.8, 4) is 0 Å². The van der Waals surface area contributed by atoms with E-state index in [1.165, 1.54) is 29.7 Å². The summed E-state index contributed by atoms with van der Waals surface area (Å²) in [6.07, 6.45) is -1.61. The van der Waals surface area contributed by atoms with Crippen LogP contribution < -0.4 is 10.6 Å². The zero-order chi connectivity index (χ0) is 26.0. The number of likely N-dealkylation sites (tertiary alicyclic amines) is 1. The van der Waals surface area contributed by atoms with Gasteiger partial charge in [0.05, 0.1) is 33.2 Å². The normalized spacial score (nSPS) is 16.4. The zero-order valence-corrected chi connectivity index (χ0v) is 20.2. The fraction of sp³-hybridized carbons (Fsp3) is 0.333. The average molecular weight is 520 g/mol. The van der Waals surface area contributed by atoms with Crippen molar-refractivity contribution in [1.29, 1.82) is 0 Å². The summed E-state index contributed by atoms with van der Waals surface area (Å²) in [6, 6.07) is 4.66. The number of fused-ring (bicyclic) bond motifs is 1. The lowest BCUT2D eigenvalue weighted by molar-refractivity contribution is -0.136. The van der Waals surface area contributed by atoms with Gasteiger partial charge in [0.15, 0.2) is 0 Å². The molecule has 3 aromatic rings. The van der Waals surface area contributed by atoms with Crippen molar-refractivity contribution in [1.82, 2.24) is 14.5 Å². The summed E-state index contributed by atoms with van der Waals surface area (Å²) in [4.78, 5) is 42.9. The molecule has 1 aromatic carbocycles. The molecular weight excluding hydrogens is 495 g/mol. The molecule has 3 amide bonds. The topological polar surface area (TPSA) is 96.3 Å². The Hall–Kier alpha value is -3.67. The monoisotopic (exact) mass is 519 g/mol. The molecule has 12 heteroatoms. The van der Waals surface area contributed by atoms with Crippen molar-refractivity contribution in [3.05, 3.63) is 52.7 Å². The number of nitrogens with zero attached hydrogens (tertiary/aromatic N) is 3. The summed E-state index contributed by atoms with van der Waals surface area (Å²) < 4.78 is 43.4. The van der Waals surface area contributed by atoms with Gasteiger partial charge in [-0.15, -0.1) is 11.3 Å². The van der Waals surface area contributed by atoms with E-state index in [4.69, 9.17) is 0 Å². The number of alkyl halides is 3. The lowest BCUT2D eigenvalue weighted by Gasteiger charge is -2.26. The third-order valence-electron chi connectivity index (χ3n) is 5.97. The van der Waals surface area contributed by atoms with Crippen LogP contribution in [0.25, 0.3) is 11.0 Å². The molecule has 190 valence electrons. The molecule has 3 heterocycles. The number of imidazole rings is 1. The fourth-order valence-electron chi connectivity index (χ4n) is 4.31. The maximum absolute atomic E-state index is 14.0. The Labute approximate surface area is 208 Å². The van der Waals surface area contributed by atoms with E-state index in [2.05, 4.69) is 22.2 Å². The molecule has 4 rings (SSSR count). The highest BCUT2D eigenvalue weighted by molar-refractivity contribution is 7.12. The third-order valence-corrected chi connectivity index (χ3v) is 6.90. The van der Waals surface area contributed by atoms with Crippen molar-refractivity contribution >= 4 is 51.7 Å². The highest BCUT2D eigenvalue weighted by Gasteiger charge is 2.36. The number of aromatic nitrogens is 2. The van der Waals surface area contributed by atoms with Gasteiger partial charge in [-0.2, -0.15) is 13.2 Å². The average Bonchev–Trinajstić information content (AvgIpc) is 3.34. The Kier molecular flexibility index (Phi) is 7.16. The maximum Gasteiger partial charge on any atom is 0.418 e. The van der Waals surface area contributed by atoms with E-state index in [1.807, 2.05) is 0 Å². The van der Waals surface area contributed by atoms with Crippen LogP contribution in [0.2, 0.25) is 0 Å². The lowest BCUT2D eigenvalue weighted by Crippen LogP contribution is -2.34. The Morgan fingerprint density at radius 1 is 1.22 bits per heavy atom. The second kappa shape index (κ2) is 10.1. The van der Waals surface area contributed by atoms with Crippen LogP contribution in [-0.2, 0) is 15.8 Å². The number of para-hydroxylation sites is 1. The van der Waals surface area contributed by atoms with Gasteiger partial charge in [0.2, 0.25) is 17.8 Å². The minimum Gasteiger partial charge on any atom is -0.341 e. The minimum atomic E-state index is -4.64. The van der Waals surface area contributed by atoms with Crippen LogP contribution in [0, 0.1) is 0 Å². The number of amides is 3. The van der Waals surface area contributed by atoms with Crippen LogP contribution in [0.15, 0.2) is 42.3 Å². The van der Waals surface area contributed by atoms with E-state index in [1.54, 1.807) is 10.3 Å². The molecule has 1 fully saturated rings. The van der Waals surface area contributed by atoms with Gasteiger partial charge in [0.25, 0.3) is 5.91 Å². The zero-order valence-electron chi connectivity index (χ0n) is 19.4. The molecule has 1 saturated heterocycles. The third kappa shape index (κ3) is 5.27. The number of halogens is 3. The molecule has 2 N–H and O–H groups in total. The summed E-state index contributed by atoms with van der Waals surface area (Å²) in [7, 11) is 0. The van der Waals surface area contributed by atoms with Crippen LogP contribution in [0.1, 0.15) is 47.5 Å². The van der Waals surface area contributed by atoms with Gasteiger partial charge in [-0.25, -0.2) is 4.98 Å². The molecule has 36 heavy (non-hydrogen) atoms. The largest absolute Gasteiger partial charge is 0.418 e. The number of thiophene rings is 1. The van der Waals surface area contributed by atoms with Crippen molar-refractivity contribution < 1.29 is 27.6 Å². The van der Waals surface area contributed by atoms with E-state index in [0.29, 0.717) is 25.1 Å². The summed E-state index contributed by atoms with van der Waals surface area (Å²) in [5.74, 6) is -1.22. The first-order valence-corrected chi connectivity index (χ1v) is 12.1. The van der Waals surface area contributed by atoms with Gasteiger partial charge in [-0.05, 0) is 43.5 Å².